The highest BCUT2D eigenvalue weighted by Crippen LogP contribution is 2.17. The van der Waals surface area contributed by atoms with E-state index in [1.807, 2.05) is 12.1 Å². The fourth-order valence-electron chi connectivity index (χ4n) is 1.96. The molecule has 108 valence electrons. The third-order valence-electron chi connectivity index (χ3n) is 3.10. The summed E-state index contributed by atoms with van der Waals surface area (Å²) >= 11 is 0. The topological polar surface area (TPSA) is 58.2 Å². The summed E-state index contributed by atoms with van der Waals surface area (Å²) in [6, 6.07) is 7.29. The van der Waals surface area contributed by atoms with Crippen molar-refractivity contribution < 1.29 is 8.42 Å². The zero-order chi connectivity index (χ0) is 14.5. The molecule has 0 aliphatic heterocycles. The summed E-state index contributed by atoms with van der Waals surface area (Å²) < 4.78 is 26.1. The molecular formula is C14H24N2O2S. The first-order chi connectivity index (χ1) is 8.90. The largest absolute Gasteiger partial charge is 0.382 e. The van der Waals surface area contributed by atoms with Gasteiger partial charge in [0.2, 0.25) is 10.0 Å². The van der Waals surface area contributed by atoms with Gasteiger partial charge in [0.05, 0.1) is 4.90 Å². The summed E-state index contributed by atoms with van der Waals surface area (Å²) in [4.78, 5) is 0.303. The maximum atomic E-state index is 11.8. The molecule has 1 atom stereocenters. The average molecular weight is 284 g/mol. The molecule has 4 nitrogen and oxygen atoms in total. The zero-order valence-electron chi connectivity index (χ0n) is 12.1. The Morgan fingerprint density at radius 1 is 1.11 bits per heavy atom. The van der Waals surface area contributed by atoms with Crippen molar-refractivity contribution in [2.24, 2.45) is 5.92 Å². The van der Waals surface area contributed by atoms with E-state index in [9.17, 15) is 8.42 Å². The standard InChI is InChI=1S/C14H24N2O2S/c1-5-14(11(3)4)16-12-7-9-13(10-8-12)19(17,18)15-6-2/h7-11,14-16H,5-6H2,1-4H3. The second kappa shape index (κ2) is 6.91. The third-order valence-corrected chi connectivity index (χ3v) is 4.66. The molecule has 1 unspecified atom stereocenters. The van der Waals surface area contributed by atoms with Crippen molar-refractivity contribution in [2.45, 2.75) is 45.1 Å². The smallest absolute Gasteiger partial charge is 0.240 e. The average Bonchev–Trinajstić information content (AvgIpc) is 2.36. The summed E-state index contributed by atoms with van der Waals surface area (Å²) in [6.07, 6.45) is 1.04. The van der Waals surface area contributed by atoms with Crippen LogP contribution in [0.5, 0.6) is 0 Å². The predicted molar refractivity (Wildman–Crippen MR) is 79.8 cm³/mol. The SMILES string of the molecule is CCNS(=O)(=O)c1ccc(NC(CC)C(C)C)cc1. The number of benzene rings is 1. The Morgan fingerprint density at radius 3 is 2.11 bits per heavy atom. The second-order valence-corrected chi connectivity index (χ2v) is 6.70. The zero-order valence-corrected chi connectivity index (χ0v) is 12.9. The number of hydrogen-bond donors (Lipinski definition) is 2. The van der Waals surface area contributed by atoms with Crippen LogP contribution in [-0.4, -0.2) is 21.0 Å². The maximum absolute atomic E-state index is 11.8. The Balaban J connectivity index is 2.82. The van der Waals surface area contributed by atoms with Crippen molar-refractivity contribution in [3.05, 3.63) is 24.3 Å². The lowest BCUT2D eigenvalue weighted by atomic mass is 10.0. The third kappa shape index (κ3) is 4.51. The highest BCUT2D eigenvalue weighted by atomic mass is 32.2. The molecule has 1 aromatic rings. The van der Waals surface area contributed by atoms with Gasteiger partial charge in [0, 0.05) is 18.3 Å². The summed E-state index contributed by atoms with van der Waals surface area (Å²) in [5.41, 5.74) is 0.955. The number of anilines is 1. The number of sulfonamides is 1. The van der Waals surface area contributed by atoms with Crippen molar-refractivity contribution in [2.75, 3.05) is 11.9 Å². The first-order valence-electron chi connectivity index (χ1n) is 6.77. The monoisotopic (exact) mass is 284 g/mol. The molecule has 0 fully saturated rings. The van der Waals surface area contributed by atoms with Crippen LogP contribution < -0.4 is 10.0 Å². The van der Waals surface area contributed by atoms with Gasteiger partial charge in [-0.15, -0.1) is 0 Å². The van der Waals surface area contributed by atoms with Crippen LogP contribution in [-0.2, 0) is 10.0 Å². The predicted octanol–water partition coefficient (Wildman–Crippen LogP) is 2.83. The second-order valence-electron chi connectivity index (χ2n) is 4.93. The van der Waals surface area contributed by atoms with Gasteiger partial charge in [-0.05, 0) is 36.6 Å². The Bertz CT molecular complexity index is 481. The minimum atomic E-state index is -3.36. The molecular weight excluding hydrogens is 260 g/mol. The Kier molecular flexibility index (Phi) is 5.82. The minimum absolute atomic E-state index is 0.303. The van der Waals surface area contributed by atoms with Crippen molar-refractivity contribution in [3.63, 3.8) is 0 Å². The molecule has 0 saturated heterocycles. The molecule has 0 bridgehead atoms. The summed E-state index contributed by atoms with van der Waals surface area (Å²) in [6.45, 7) is 8.65. The van der Waals surface area contributed by atoms with Crippen LogP contribution in [0.1, 0.15) is 34.1 Å². The molecule has 5 heteroatoms. The molecule has 0 radical (unpaired) electrons. The van der Waals surface area contributed by atoms with E-state index in [0.29, 0.717) is 23.4 Å². The van der Waals surface area contributed by atoms with Gasteiger partial charge in [-0.25, -0.2) is 13.1 Å². The molecule has 19 heavy (non-hydrogen) atoms. The fourth-order valence-corrected chi connectivity index (χ4v) is 3.00. The van der Waals surface area contributed by atoms with Crippen LogP contribution in [0.3, 0.4) is 0 Å². The van der Waals surface area contributed by atoms with Gasteiger partial charge in [-0.3, -0.25) is 0 Å². The van der Waals surface area contributed by atoms with Gasteiger partial charge in [-0.1, -0.05) is 27.7 Å². The molecule has 0 aliphatic carbocycles. The Hall–Kier alpha value is -1.07. The molecule has 0 amide bonds. The highest BCUT2D eigenvalue weighted by molar-refractivity contribution is 7.89. The Labute approximate surface area is 116 Å². The number of hydrogen-bond acceptors (Lipinski definition) is 3. The first-order valence-corrected chi connectivity index (χ1v) is 8.25. The summed E-state index contributed by atoms with van der Waals surface area (Å²) in [5, 5.41) is 3.42. The lowest BCUT2D eigenvalue weighted by Crippen LogP contribution is -2.25. The first kappa shape index (κ1) is 16.0. The van der Waals surface area contributed by atoms with Crippen LogP contribution in [0, 0.1) is 5.92 Å². The maximum Gasteiger partial charge on any atom is 0.240 e. The van der Waals surface area contributed by atoms with E-state index in [-0.39, 0.29) is 0 Å². The molecule has 0 heterocycles. The summed E-state index contributed by atoms with van der Waals surface area (Å²) in [7, 11) is -3.36. The van der Waals surface area contributed by atoms with E-state index < -0.39 is 10.0 Å². The van der Waals surface area contributed by atoms with Crippen molar-refractivity contribution in [1.82, 2.24) is 4.72 Å². The van der Waals surface area contributed by atoms with Gasteiger partial charge >= 0.3 is 0 Å². The quantitative estimate of drug-likeness (QED) is 0.809. The Morgan fingerprint density at radius 2 is 1.68 bits per heavy atom. The van der Waals surface area contributed by atoms with Gasteiger partial charge in [0.15, 0.2) is 0 Å². The van der Waals surface area contributed by atoms with Gasteiger partial charge in [0.25, 0.3) is 0 Å². The molecule has 2 N–H and O–H groups in total. The van der Waals surface area contributed by atoms with Gasteiger partial charge < -0.3 is 5.32 Å². The van der Waals surface area contributed by atoms with Crippen LogP contribution >= 0.6 is 0 Å². The van der Waals surface area contributed by atoms with Crippen LogP contribution in [0.2, 0.25) is 0 Å². The molecule has 0 aliphatic rings. The lowest BCUT2D eigenvalue weighted by Gasteiger charge is -2.22. The van der Waals surface area contributed by atoms with Crippen LogP contribution in [0.15, 0.2) is 29.2 Å². The van der Waals surface area contributed by atoms with Crippen molar-refractivity contribution >= 4 is 15.7 Å². The molecule has 0 spiro atoms. The summed E-state index contributed by atoms with van der Waals surface area (Å²) in [5.74, 6) is 0.537. The minimum Gasteiger partial charge on any atom is -0.382 e. The van der Waals surface area contributed by atoms with Crippen molar-refractivity contribution in [1.29, 1.82) is 0 Å². The van der Waals surface area contributed by atoms with Crippen LogP contribution in [0.25, 0.3) is 0 Å². The highest BCUT2D eigenvalue weighted by Gasteiger charge is 2.13. The normalized spacial score (nSPS) is 13.5. The van der Waals surface area contributed by atoms with Crippen molar-refractivity contribution in [3.8, 4) is 0 Å². The fraction of sp³-hybridized carbons (Fsp3) is 0.571. The van der Waals surface area contributed by atoms with E-state index in [4.69, 9.17) is 0 Å². The van der Waals surface area contributed by atoms with E-state index in [2.05, 4.69) is 30.8 Å². The van der Waals surface area contributed by atoms with Crippen LogP contribution in [0.4, 0.5) is 5.69 Å². The molecule has 1 aromatic carbocycles. The van der Waals surface area contributed by atoms with E-state index in [1.54, 1.807) is 19.1 Å². The van der Waals surface area contributed by atoms with Gasteiger partial charge in [-0.2, -0.15) is 0 Å². The molecule has 0 saturated carbocycles. The van der Waals surface area contributed by atoms with E-state index >= 15 is 0 Å². The lowest BCUT2D eigenvalue weighted by molar-refractivity contribution is 0.511. The van der Waals surface area contributed by atoms with Gasteiger partial charge in [0.1, 0.15) is 0 Å². The molecule has 0 aromatic heterocycles. The molecule has 1 rings (SSSR count). The number of rotatable bonds is 7. The van der Waals surface area contributed by atoms with E-state index in [1.165, 1.54) is 0 Å². The number of nitrogens with one attached hydrogen (secondary N) is 2. The van der Waals surface area contributed by atoms with E-state index in [0.717, 1.165) is 12.1 Å².